The zero-order chi connectivity index (χ0) is 24.0. The number of aliphatic carboxylic acids is 1. The number of carboxylic acid groups (broad SMARTS) is 1. The fourth-order valence-corrected chi connectivity index (χ4v) is 4.15. The molecule has 2 amide bonds. The highest BCUT2D eigenvalue weighted by atomic mass is 32.2. The normalized spacial score (nSPS) is 13.5. The van der Waals surface area contributed by atoms with E-state index >= 15 is 0 Å². The zero-order valence-corrected chi connectivity index (χ0v) is 18.5. The van der Waals surface area contributed by atoms with Crippen molar-refractivity contribution in [2.45, 2.75) is 24.8 Å². The largest absolute Gasteiger partial charge is 0.481 e. The minimum Gasteiger partial charge on any atom is -0.481 e. The molecular formula is C22H25N3O7S. The number of rotatable bonds is 10. The van der Waals surface area contributed by atoms with E-state index in [1.807, 2.05) is 48.5 Å². The molecule has 0 aliphatic heterocycles. The minimum absolute atomic E-state index is 0.0263. The van der Waals surface area contributed by atoms with Crippen LogP contribution in [0.5, 0.6) is 0 Å². The molecule has 1 unspecified atom stereocenters. The number of carbonyl (C=O) groups excluding carboxylic acids is 2. The second-order valence-corrected chi connectivity index (χ2v) is 9.35. The lowest BCUT2D eigenvalue weighted by atomic mass is 9.98. The fourth-order valence-electron chi connectivity index (χ4n) is 3.76. The average Bonchev–Trinajstić information content (AvgIpc) is 3.08. The Kier molecular flexibility index (Phi) is 7.67. The lowest BCUT2D eigenvalue weighted by Crippen LogP contribution is -2.48. The number of nitrogens with one attached hydrogen (secondary N) is 2. The Morgan fingerprint density at radius 2 is 1.61 bits per heavy atom. The maximum absolute atomic E-state index is 12.4. The van der Waals surface area contributed by atoms with E-state index < -0.39 is 39.8 Å². The predicted molar refractivity (Wildman–Crippen MR) is 120 cm³/mol. The summed E-state index contributed by atoms with van der Waals surface area (Å²) in [5.41, 5.74) is 4.18. The third-order valence-electron chi connectivity index (χ3n) is 5.28. The molecule has 5 N–H and O–H groups in total. The number of sulfonamides is 1. The van der Waals surface area contributed by atoms with Crippen LogP contribution in [0.3, 0.4) is 0 Å². The summed E-state index contributed by atoms with van der Waals surface area (Å²) in [5, 5.41) is 18.5. The third-order valence-corrected chi connectivity index (χ3v) is 6.06. The van der Waals surface area contributed by atoms with E-state index in [0.717, 1.165) is 22.3 Å². The summed E-state index contributed by atoms with van der Waals surface area (Å²) < 4.78 is 27.4. The van der Waals surface area contributed by atoms with E-state index in [4.69, 9.17) is 15.0 Å². The molecule has 10 nitrogen and oxygen atoms in total. The summed E-state index contributed by atoms with van der Waals surface area (Å²) in [6.45, 7) is -0.244. The fraction of sp³-hybridized carbons (Fsp3) is 0.318. The van der Waals surface area contributed by atoms with Crippen LogP contribution < -0.4 is 15.8 Å². The van der Waals surface area contributed by atoms with Gasteiger partial charge in [0.15, 0.2) is 0 Å². The van der Waals surface area contributed by atoms with Crippen LogP contribution in [0.4, 0.5) is 4.79 Å². The highest BCUT2D eigenvalue weighted by Gasteiger charge is 2.30. The molecule has 3 rings (SSSR count). The Bertz CT molecular complexity index is 1100. The molecule has 0 fully saturated rings. The second-order valence-electron chi connectivity index (χ2n) is 7.61. The maximum atomic E-state index is 12.4. The van der Waals surface area contributed by atoms with E-state index in [9.17, 15) is 22.8 Å². The van der Waals surface area contributed by atoms with Gasteiger partial charge in [-0.25, -0.2) is 18.4 Å². The number of alkyl carbamates (subject to hydrolysis) is 1. The van der Waals surface area contributed by atoms with Gasteiger partial charge >= 0.3 is 12.1 Å². The molecule has 0 bridgehead atoms. The topological polar surface area (TPSA) is 165 Å². The van der Waals surface area contributed by atoms with Crippen molar-refractivity contribution in [3.63, 3.8) is 0 Å². The number of carbonyl (C=O) groups is 3. The van der Waals surface area contributed by atoms with Gasteiger partial charge in [-0.2, -0.15) is 0 Å². The smallest absolute Gasteiger partial charge is 0.407 e. The molecule has 1 aliphatic rings. The molecule has 1 atom stereocenters. The summed E-state index contributed by atoms with van der Waals surface area (Å²) in [7, 11) is -3.78. The van der Waals surface area contributed by atoms with Crippen LogP contribution in [0.25, 0.3) is 11.1 Å². The lowest BCUT2D eigenvalue weighted by Gasteiger charge is -2.19. The van der Waals surface area contributed by atoms with Crippen molar-refractivity contribution in [3.8, 4) is 11.1 Å². The maximum Gasteiger partial charge on any atom is 0.407 e. The summed E-state index contributed by atoms with van der Waals surface area (Å²) >= 11 is 0. The monoisotopic (exact) mass is 475 g/mol. The summed E-state index contributed by atoms with van der Waals surface area (Å²) in [5.74, 6) is -2.54. The van der Waals surface area contributed by atoms with Gasteiger partial charge in [-0.3, -0.25) is 9.59 Å². The lowest BCUT2D eigenvalue weighted by molar-refractivity contribution is -0.137. The average molecular weight is 476 g/mol. The van der Waals surface area contributed by atoms with Crippen LogP contribution in [0.15, 0.2) is 48.5 Å². The SMILES string of the molecule is NS(=O)(=O)CCNC(=O)C(CCC(=O)O)NC(=O)OCC1c2ccccc2-c2ccccc21. The summed E-state index contributed by atoms with van der Waals surface area (Å²) in [4.78, 5) is 35.7. The van der Waals surface area contributed by atoms with Gasteiger partial charge in [-0.05, 0) is 28.7 Å². The van der Waals surface area contributed by atoms with Crippen molar-refractivity contribution < 1.29 is 32.6 Å². The van der Waals surface area contributed by atoms with Crippen LogP contribution >= 0.6 is 0 Å². The molecule has 1 aliphatic carbocycles. The van der Waals surface area contributed by atoms with E-state index in [0.29, 0.717) is 0 Å². The summed E-state index contributed by atoms with van der Waals surface area (Å²) in [6.07, 6.45) is -1.45. The Balaban J connectivity index is 1.63. The minimum atomic E-state index is -3.78. The molecule has 0 radical (unpaired) electrons. The molecule has 176 valence electrons. The first kappa shape index (κ1) is 24.2. The number of fused-ring (bicyclic) bond motifs is 3. The molecule has 2 aromatic carbocycles. The molecule has 11 heteroatoms. The van der Waals surface area contributed by atoms with Crippen LogP contribution in [-0.2, 0) is 24.3 Å². The molecule has 0 aromatic heterocycles. The highest BCUT2D eigenvalue weighted by molar-refractivity contribution is 7.89. The molecule has 0 saturated carbocycles. The van der Waals surface area contributed by atoms with Gasteiger partial charge < -0.3 is 20.5 Å². The van der Waals surface area contributed by atoms with Crippen LogP contribution in [0.1, 0.15) is 29.9 Å². The number of amides is 2. The Hall–Kier alpha value is -3.44. The van der Waals surface area contributed by atoms with Crippen LogP contribution in [-0.4, -0.2) is 56.4 Å². The summed E-state index contributed by atoms with van der Waals surface area (Å²) in [6, 6.07) is 14.4. The number of hydrogen-bond donors (Lipinski definition) is 4. The van der Waals surface area contributed by atoms with Crippen molar-refractivity contribution in [1.82, 2.24) is 10.6 Å². The third kappa shape index (κ3) is 6.53. The van der Waals surface area contributed by atoms with E-state index in [1.165, 1.54) is 0 Å². The number of hydrogen-bond acceptors (Lipinski definition) is 6. The number of benzene rings is 2. The van der Waals surface area contributed by atoms with Gasteiger partial charge in [0.05, 0.1) is 5.75 Å². The van der Waals surface area contributed by atoms with Gasteiger partial charge in [0.25, 0.3) is 0 Å². The van der Waals surface area contributed by atoms with Crippen molar-refractivity contribution in [2.75, 3.05) is 18.9 Å². The van der Waals surface area contributed by atoms with Crippen LogP contribution in [0, 0.1) is 0 Å². The van der Waals surface area contributed by atoms with Gasteiger partial charge in [0.1, 0.15) is 12.6 Å². The Morgan fingerprint density at radius 1 is 1.03 bits per heavy atom. The van der Waals surface area contributed by atoms with Gasteiger partial charge in [-0.15, -0.1) is 0 Å². The first-order valence-corrected chi connectivity index (χ1v) is 12.0. The quantitative estimate of drug-likeness (QED) is 0.400. The molecule has 0 saturated heterocycles. The Morgan fingerprint density at radius 3 is 2.15 bits per heavy atom. The highest BCUT2D eigenvalue weighted by Crippen LogP contribution is 2.44. The van der Waals surface area contributed by atoms with Crippen molar-refractivity contribution in [2.24, 2.45) is 5.14 Å². The van der Waals surface area contributed by atoms with Gasteiger partial charge in [0, 0.05) is 18.9 Å². The van der Waals surface area contributed by atoms with E-state index in [2.05, 4.69) is 10.6 Å². The Labute approximate surface area is 191 Å². The number of carboxylic acids is 1. The van der Waals surface area contributed by atoms with Crippen molar-refractivity contribution in [3.05, 3.63) is 59.7 Å². The molecular weight excluding hydrogens is 450 g/mol. The molecule has 2 aromatic rings. The molecule has 0 spiro atoms. The van der Waals surface area contributed by atoms with Crippen molar-refractivity contribution in [1.29, 1.82) is 0 Å². The van der Waals surface area contributed by atoms with Gasteiger partial charge in [-0.1, -0.05) is 48.5 Å². The van der Waals surface area contributed by atoms with E-state index in [1.54, 1.807) is 0 Å². The standard InChI is InChI=1S/C22H25N3O7S/c23-33(30,31)12-11-24-21(28)19(9-10-20(26)27)25-22(29)32-13-18-16-7-3-1-5-14(16)15-6-2-4-8-17(15)18/h1-8,18-19H,9-13H2,(H,24,28)(H,25,29)(H,26,27)(H2,23,30,31). The molecule has 33 heavy (non-hydrogen) atoms. The first-order chi connectivity index (χ1) is 15.7. The van der Waals surface area contributed by atoms with E-state index in [-0.39, 0.29) is 31.9 Å². The second kappa shape index (κ2) is 10.5. The van der Waals surface area contributed by atoms with Crippen LogP contribution in [0.2, 0.25) is 0 Å². The van der Waals surface area contributed by atoms with Gasteiger partial charge in [0.2, 0.25) is 15.9 Å². The number of ether oxygens (including phenoxy) is 1. The predicted octanol–water partition coefficient (Wildman–Crippen LogP) is 1.16. The number of primary sulfonamides is 1. The zero-order valence-electron chi connectivity index (χ0n) is 17.7. The first-order valence-electron chi connectivity index (χ1n) is 10.3. The van der Waals surface area contributed by atoms with Crippen molar-refractivity contribution >= 4 is 28.0 Å². The number of nitrogens with two attached hydrogens (primary N) is 1. The molecule has 0 heterocycles.